The van der Waals surface area contributed by atoms with Gasteiger partial charge in [0.2, 0.25) is 0 Å². The molecule has 1 fully saturated rings. The van der Waals surface area contributed by atoms with Crippen LogP contribution < -0.4 is 0 Å². The Morgan fingerprint density at radius 1 is 1.12 bits per heavy atom. The van der Waals surface area contributed by atoms with Crippen molar-refractivity contribution in [1.82, 2.24) is 9.34 Å². The number of rotatable bonds is 2. The SMILES string of the molecule is CN1CCN(C)P1C1=C([Si](C)(C)C)CCC=C1. The summed E-state index contributed by atoms with van der Waals surface area (Å²) in [5, 5.41) is 3.49. The summed E-state index contributed by atoms with van der Waals surface area (Å²) >= 11 is 0. The van der Waals surface area contributed by atoms with Crippen LogP contribution in [0.1, 0.15) is 12.8 Å². The van der Waals surface area contributed by atoms with Crippen molar-refractivity contribution < 1.29 is 0 Å². The molecule has 0 N–H and O–H groups in total. The smallest absolute Gasteiger partial charge is 0.0734 e. The molecule has 0 amide bonds. The van der Waals surface area contributed by atoms with E-state index in [4.69, 9.17) is 0 Å². The molecule has 0 aromatic heterocycles. The zero-order chi connectivity index (χ0) is 12.6. The average Bonchev–Trinajstić information content (AvgIpc) is 2.57. The average molecular weight is 268 g/mol. The highest BCUT2D eigenvalue weighted by atomic mass is 31.1. The Kier molecular flexibility index (Phi) is 3.94. The third kappa shape index (κ3) is 2.73. The van der Waals surface area contributed by atoms with Gasteiger partial charge in [-0.3, -0.25) is 9.34 Å². The molecule has 0 radical (unpaired) electrons. The van der Waals surface area contributed by atoms with E-state index in [0.717, 1.165) is 0 Å². The summed E-state index contributed by atoms with van der Waals surface area (Å²) in [4.78, 5) is 0. The predicted octanol–water partition coefficient (Wildman–Crippen LogP) is 3.66. The highest BCUT2D eigenvalue weighted by molar-refractivity contribution is 7.58. The van der Waals surface area contributed by atoms with Gasteiger partial charge in [0.05, 0.1) is 16.3 Å². The van der Waals surface area contributed by atoms with E-state index in [1.54, 1.807) is 5.31 Å². The molecule has 0 aromatic rings. The van der Waals surface area contributed by atoms with Crippen LogP contribution in [0.15, 0.2) is 22.7 Å². The van der Waals surface area contributed by atoms with Crippen molar-refractivity contribution >= 4 is 16.3 Å². The molecule has 1 aliphatic heterocycles. The minimum atomic E-state index is -1.15. The molecule has 4 heteroatoms. The summed E-state index contributed by atoms with van der Waals surface area (Å²) in [6.07, 6.45) is 7.37. The summed E-state index contributed by atoms with van der Waals surface area (Å²) < 4.78 is 5.11. The lowest BCUT2D eigenvalue weighted by molar-refractivity contribution is 0.553. The summed E-state index contributed by atoms with van der Waals surface area (Å²) in [5.41, 5.74) is 0. The fraction of sp³-hybridized carbons (Fsp3) is 0.692. The summed E-state index contributed by atoms with van der Waals surface area (Å²) in [6.45, 7) is 9.92. The first-order valence-electron chi connectivity index (χ1n) is 6.53. The molecule has 2 rings (SSSR count). The molecular formula is C13H25N2PSi. The van der Waals surface area contributed by atoms with E-state index in [0.29, 0.717) is 0 Å². The largest absolute Gasteiger partial charge is 0.268 e. The number of hydrogen-bond acceptors (Lipinski definition) is 2. The van der Waals surface area contributed by atoms with Gasteiger partial charge in [0, 0.05) is 18.4 Å². The van der Waals surface area contributed by atoms with Gasteiger partial charge in [-0.05, 0) is 26.9 Å². The van der Waals surface area contributed by atoms with E-state index in [1.807, 2.05) is 5.20 Å². The molecule has 0 spiro atoms. The third-order valence-corrected chi connectivity index (χ3v) is 8.74. The standard InChI is InChI=1S/C13H25N2PSi/c1-14-10-11-15(2)16(14)12-8-6-7-9-13(12)17(3,4)5/h6,8H,7,9-11H2,1-5H3. The minimum Gasteiger partial charge on any atom is -0.268 e. The van der Waals surface area contributed by atoms with E-state index < -0.39 is 8.07 Å². The topological polar surface area (TPSA) is 6.48 Å². The van der Waals surface area contributed by atoms with Gasteiger partial charge in [-0.2, -0.15) is 0 Å². The maximum atomic E-state index is 2.56. The highest BCUT2D eigenvalue weighted by Crippen LogP contribution is 2.56. The van der Waals surface area contributed by atoms with Gasteiger partial charge in [-0.15, -0.1) is 0 Å². The minimum absolute atomic E-state index is 0.195. The second kappa shape index (κ2) is 4.97. The molecule has 1 saturated heterocycles. The van der Waals surface area contributed by atoms with Gasteiger partial charge in [0.25, 0.3) is 0 Å². The fourth-order valence-corrected chi connectivity index (χ4v) is 8.16. The number of allylic oxidation sites excluding steroid dienone is 4. The van der Waals surface area contributed by atoms with Crippen LogP contribution in [-0.4, -0.2) is 44.6 Å². The molecule has 2 aliphatic rings. The molecule has 0 saturated carbocycles. The van der Waals surface area contributed by atoms with Gasteiger partial charge in [0.1, 0.15) is 0 Å². The molecule has 0 bridgehead atoms. The van der Waals surface area contributed by atoms with Crippen LogP contribution in [0.4, 0.5) is 0 Å². The molecule has 0 unspecified atom stereocenters. The van der Waals surface area contributed by atoms with Crippen molar-refractivity contribution in [3.05, 3.63) is 22.7 Å². The monoisotopic (exact) mass is 268 g/mol. The number of likely N-dealkylation sites (N-methyl/N-ethyl adjacent to an activating group) is 2. The first kappa shape index (κ1) is 13.5. The van der Waals surface area contributed by atoms with Gasteiger partial charge in [-0.25, -0.2) is 0 Å². The lowest BCUT2D eigenvalue weighted by Crippen LogP contribution is -2.27. The summed E-state index contributed by atoms with van der Waals surface area (Å²) in [6, 6.07) is 0. The summed E-state index contributed by atoms with van der Waals surface area (Å²) in [7, 11) is 3.22. The molecule has 0 atom stereocenters. The quantitative estimate of drug-likeness (QED) is 0.557. The van der Waals surface area contributed by atoms with Crippen molar-refractivity contribution in [1.29, 1.82) is 0 Å². The highest BCUT2D eigenvalue weighted by Gasteiger charge is 2.34. The van der Waals surface area contributed by atoms with Crippen LogP contribution in [-0.2, 0) is 0 Å². The Bertz CT molecular complexity index is 347. The molecule has 96 valence electrons. The third-order valence-electron chi connectivity index (χ3n) is 3.66. The maximum Gasteiger partial charge on any atom is 0.0734 e. The van der Waals surface area contributed by atoms with E-state index in [9.17, 15) is 0 Å². The van der Waals surface area contributed by atoms with Gasteiger partial charge in [0.15, 0.2) is 0 Å². The Labute approximate surface area is 108 Å². The lowest BCUT2D eigenvalue weighted by atomic mass is 10.2. The van der Waals surface area contributed by atoms with Crippen LogP contribution in [0, 0.1) is 0 Å². The zero-order valence-corrected chi connectivity index (χ0v) is 13.7. The predicted molar refractivity (Wildman–Crippen MR) is 80.9 cm³/mol. The summed E-state index contributed by atoms with van der Waals surface area (Å²) in [5.74, 6) is 0. The maximum absolute atomic E-state index is 2.56. The van der Waals surface area contributed by atoms with Gasteiger partial charge < -0.3 is 0 Å². The number of hydrogen-bond donors (Lipinski definition) is 0. The van der Waals surface area contributed by atoms with Gasteiger partial charge >= 0.3 is 0 Å². The lowest BCUT2D eigenvalue weighted by Gasteiger charge is -2.33. The van der Waals surface area contributed by atoms with Gasteiger partial charge in [-0.1, -0.05) is 37.0 Å². The molecule has 1 heterocycles. The van der Waals surface area contributed by atoms with E-state index in [1.165, 1.54) is 25.9 Å². The molecular weight excluding hydrogens is 243 g/mol. The Morgan fingerprint density at radius 3 is 2.24 bits per heavy atom. The molecule has 0 aromatic carbocycles. The first-order valence-corrected chi connectivity index (χ1v) is 11.3. The second-order valence-electron chi connectivity index (χ2n) is 6.11. The van der Waals surface area contributed by atoms with Crippen molar-refractivity contribution in [2.24, 2.45) is 0 Å². The Morgan fingerprint density at radius 2 is 1.71 bits per heavy atom. The zero-order valence-electron chi connectivity index (χ0n) is 11.8. The van der Waals surface area contributed by atoms with Crippen molar-refractivity contribution in [3.63, 3.8) is 0 Å². The van der Waals surface area contributed by atoms with Crippen LogP contribution in [0.25, 0.3) is 0 Å². The van der Waals surface area contributed by atoms with Crippen molar-refractivity contribution in [2.75, 3.05) is 27.2 Å². The van der Waals surface area contributed by atoms with E-state index in [2.05, 4.69) is 55.2 Å². The Balaban J connectivity index is 2.39. The van der Waals surface area contributed by atoms with Crippen molar-refractivity contribution in [3.8, 4) is 0 Å². The molecule has 1 aliphatic carbocycles. The van der Waals surface area contributed by atoms with Crippen molar-refractivity contribution in [2.45, 2.75) is 32.5 Å². The van der Waals surface area contributed by atoms with Crippen LogP contribution in [0.5, 0.6) is 0 Å². The van der Waals surface area contributed by atoms with Crippen LogP contribution in [0.3, 0.4) is 0 Å². The fourth-order valence-electron chi connectivity index (χ4n) is 2.71. The van der Waals surface area contributed by atoms with E-state index in [-0.39, 0.29) is 8.22 Å². The van der Waals surface area contributed by atoms with Crippen LogP contribution >= 0.6 is 8.22 Å². The Hall–Kier alpha value is 0.0469. The molecule has 17 heavy (non-hydrogen) atoms. The normalized spacial score (nSPS) is 25.0. The second-order valence-corrected chi connectivity index (χ2v) is 13.6. The first-order chi connectivity index (χ1) is 7.91. The van der Waals surface area contributed by atoms with E-state index >= 15 is 0 Å². The number of nitrogens with zero attached hydrogens (tertiary/aromatic N) is 2. The van der Waals surface area contributed by atoms with Crippen LogP contribution in [0.2, 0.25) is 19.6 Å². The molecule has 2 nitrogen and oxygen atoms in total.